The predicted octanol–water partition coefficient (Wildman–Crippen LogP) is 1.36. The summed E-state index contributed by atoms with van der Waals surface area (Å²) in [4.78, 5) is 25.0. The topological polar surface area (TPSA) is 58.6 Å². The van der Waals surface area contributed by atoms with Crippen LogP contribution < -0.4 is 15.0 Å². The molecule has 1 N–H and O–H groups in total. The van der Waals surface area contributed by atoms with Crippen molar-refractivity contribution in [1.82, 2.24) is 5.32 Å². The van der Waals surface area contributed by atoms with Crippen LogP contribution in [0, 0.1) is 5.92 Å². The van der Waals surface area contributed by atoms with Crippen molar-refractivity contribution in [2.24, 2.45) is 5.92 Å². The Balaban J connectivity index is 2.07. The van der Waals surface area contributed by atoms with Crippen LogP contribution in [0.4, 0.5) is 5.69 Å². The molecule has 108 valence electrons. The summed E-state index contributed by atoms with van der Waals surface area (Å²) in [6.07, 6.45) is 0.308. The van der Waals surface area contributed by atoms with Gasteiger partial charge in [-0.15, -0.1) is 0 Å². The van der Waals surface area contributed by atoms with E-state index in [9.17, 15) is 9.59 Å². The first kappa shape index (κ1) is 14.4. The van der Waals surface area contributed by atoms with E-state index in [0.717, 1.165) is 11.3 Å². The molecule has 0 saturated carbocycles. The van der Waals surface area contributed by atoms with E-state index in [2.05, 4.69) is 19.2 Å². The molecule has 0 aromatic heterocycles. The number of nitrogens with zero attached hydrogens (tertiary/aromatic N) is 1. The van der Waals surface area contributed by atoms with Crippen LogP contribution >= 0.6 is 0 Å². The van der Waals surface area contributed by atoms with Crippen LogP contribution in [-0.2, 0) is 16.0 Å². The summed E-state index contributed by atoms with van der Waals surface area (Å²) >= 11 is 0. The van der Waals surface area contributed by atoms with Gasteiger partial charge in [0.15, 0.2) is 6.61 Å². The van der Waals surface area contributed by atoms with E-state index < -0.39 is 0 Å². The first-order chi connectivity index (χ1) is 9.47. The van der Waals surface area contributed by atoms with Crippen LogP contribution in [0.1, 0.15) is 19.4 Å². The van der Waals surface area contributed by atoms with Gasteiger partial charge in [-0.05, 0) is 23.6 Å². The molecule has 0 bridgehead atoms. The lowest BCUT2D eigenvalue weighted by Gasteiger charge is -2.26. The summed E-state index contributed by atoms with van der Waals surface area (Å²) in [5.74, 6) is 1.02. The second kappa shape index (κ2) is 5.94. The standard InChI is InChI=1S/C15H20N2O3/c1-10(2)8-16-14(18)7-11-4-5-13-12(6-11)17(3)15(19)9-20-13/h4-6,10H,7-9H2,1-3H3,(H,16,18). The quantitative estimate of drug-likeness (QED) is 0.903. The molecule has 0 atom stereocenters. The van der Waals surface area contributed by atoms with Crippen LogP contribution in [-0.4, -0.2) is 32.0 Å². The van der Waals surface area contributed by atoms with Crippen LogP contribution in [0.2, 0.25) is 0 Å². The highest BCUT2D eigenvalue weighted by Gasteiger charge is 2.22. The average molecular weight is 276 g/mol. The Labute approximate surface area is 118 Å². The molecule has 1 aliphatic heterocycles. The highest BCUT2D eigenvalue weighted by atomic mass is 16.5. The number of rotatable bonds is 4. The highest BCUT2D eigenvalue weighted by Crippen LogP contribution is 2.31. The predicted molar refractivity (Wildman–Crippen MR) is 76.9 cm³/mol. The second-order valence-electron chi connectivity index (χ2n) is 5.42. The fourth-order valence-electron chi connectivity index (χ4n) is 1.99. The molecule has 0 fully saturated rings. The molecule has 0 aliphatic carbocycles. The van der Waals surface area contributed by atoms with E-state index >= 15 is 0 Å². The maximum Gasteiger partial charge on any atom is 0.264 e. The minimum Gasteiger partial charge on any atom is -0.482 e. The summed E-state index contributed by atoms with van der Waals surface area (Å²) in [7, 11) is 1.71. The van der Waals surface area contributed by atoms with Gasteiger partial charge in [0, 0.05) is 13.6 Å². The third-order valence-electron chi connectivity index (χ3n) is 3.18. The van der Waals surface area contributed by atoms with Crippen molar-refractivity contribution >= 4 is 17.5 Å². The maximum atomic E-state index is 11.8. The first-order valence-electron chi connectivity index (χ1n) is 6.76. The minimum absolute atomic E-state index is 0.00985. The van der Waals surface area contributed by atoms with E-state index in [4.69, 9.17) is 4.74 Å². The maximum absolute atomic E-state index is 11.8. The summed E-state index contributed by atoms with van der Waals surface area (Å²) in [6.45, 7) is 4.84. The van der Waals surface area contributed by atoms with Crippen molar-refractivity contribution < 1.29 is 14.3 Å². The van der Waals surface area contributed by atoms with Crippen molar-refractivity contribution in [3.63, 3.8) is 0 Å². The molecule has 20 heavy (non-hydrogen) atoms. The average Bonchev–Trinajstić information content (AvgIpc) is 2.41. The molecule has 0 radical (unpaired) electrons. The van der Waals surface area contributed by atoms with Crippen LogP contribution in [0.5, 0.6) is 5.75 Å². The summed E-state index contributed by atoms with van der Waals surface area (Å²) in [6, 6.07) is 5.50. The zero-order chi connectivity index (χ0) is 14.7. The van der Waals surface area contributed by atoms with Gasteiger partial charge in [0.1, 0.15) is 5.75 Å². The van der Waals surface area contributed by atoms with Gasteiger partial charge in [-0.25, -0.2) is 0 Å². The van der Waals surface area contributed by atoms with Gasteiger partial charge in [-0.3, -0.25) is 9.59 Å². The zero-order valence-corrected chi connectivity index (χ0v) is 12.1. The smallest absolute Gasteiger partial charge is 0.264 e. The Morgan fingerprint density at radius 1 is 1.45 bits per heavy atom. The lowest BCUT2D eigenvalue weighted by atomic mass is 10.1. The van der Waals surface area contributed by atoms with Crippen LogP contribution in [0.15, 0.2) is 18.2 Å². The number of benzene rings is 1. The third-order valence-corrected chi connectivity index (χ3v) is 3.18. The molecule has 0 spiro atoms. The molecule has 0 saturated heterocycles. The third kappa shape index (κ3) is 3.29. The van der Waals surface area contributed by atoms with Crippen molar-refractivity contribution in [2.45, 2.75) is 20.3 Å². The van der Waals surface area contributed by atoms with E-state index in [0.29, 0.717) is 24.6 Å². The van der Waals surface area contributed by atoms with E-state index in [1.807, 2.05) is 18.2 Å². The van der Waals surface area contributed by atoms with Gasteiger partial charge in [0.05, 0.1) is 12.1 Å². The van der Waals surface area contributed by atoms with E-state index in [-0.39, 0.29) is 18.4 Å². The number of likely N-dealkylation sites (N-methyl/N-ethyl adjacent to an activating group) is 1. The van der Waals surface area contributed by atoms with Gasteiger partial charge in [-0.1, -0.05) is 19.9 Å². The number of hydrogen-bond donors (Lipinski definition) is 1. The molecule has 2 amide bonds. The Kier molecular flexibility index (Phi) is 4.27. The van der Waals surface area contributed by atoms with Crippen molar-refractivity contribution in [3.05, 3.63) is 23.8 Å². The van der Waals surface area contributed by atoms with Gasteiger partial charge >= 0.3 is 0 Å². The molecule has 1 aromatic carbocycles. The minimum atomic E-state index is -0.0843. The lowest BCUT2D eigenvalue weighted by molar-refractivity contribution is -0.121. The molecule has 1 heterocycles. The fraction of sp³-hybridized carbons (Fsp3) is 0.467. The molecule has 2 rings (SSSR count). The Hall–Kier alpha value is -2.04. The highest BCUT2D eigenvalue weighted by molar-refractivity contribution is 5.97. The van der Waals surface area contributed by atoms with Crippen molar-refractivity contribution in [1.29, 1.82) is 0 Å². The zero-order valence-electron chi connectivity index (χ0n) is 12.1. The molecule has 5 nitrogen and oxygen atoms in total. The van der Waals surface area contributed by atoms with Crippen molar-refractivity contribution in [2.75, 3.05) is 25.1 Å². The largest absolute Gasteiger partial charge is 0.482 e. The lowest BCUT2D eigenvalue weighted by Crippen LogP contribution is -2.35. The number of anilines is 1. The molecule has 1 aliphatic rings. The molecular weight excluding hydrogens is 256 g/mol. The van der Waals surface area contributed by atoms with Crippen molar-refractivity contribution in [3.8, 4) is 5.75 Å². The van der Waals surface area contributed by atoms with Gasteiger partial charge in [0.2, 0.25) is 5.91 Å². The summed E-state index contributed by atoms with van der Waals surface area (Å²) < 4.78 is 5.35. The fourth-order valence-corrected chi connectivity index (χ4v) is 1.99. The molecule has 5 heteroatoms. The summed E-state index contributed by atoms with van der Waals surface area (Å²) in [5.41, 5.74) is 1.59. The van der Waals surface area contributed by atoms with Gasteiger partial charge in [-0.2, -0.15) is 0 Å². The second-order valence-corrected chi connectivity index (χ2v) is 5.42. The molecule has 0 unspecified atom stereocenters. The Morgan fingerprint density at radius 3 is 2.90 bits per heavy atom. The van der Waals surface area contributed by atoms with E-state index in [1.165, 1.54) is 0 Å². The Bertz CT molecular complexity index is 526. The number of amides is 2. The van der Waals surface area contributed by atoms with Gasteiger partial charge < -0.3 is 15.0 Å². The number of ether oxygens (including phenoxy) is 1. The number of carbonyl (C=O) groups excluding carboxylic acids is 2. The Morgan fingerprint density at radius 2 is 2.20 bits per heavy atom. The molecule has 1 aromatic rings. The SMILES string of the molecule is CC(C)CNC(=O)Cc1ccc2c(c1)N(C)C(=O)CO2. The monoisotopic (exact) mass is 276 g/mol. The van der Waals surface area contributed by atoms with Crippen LogP contribution in [0.25, 0.3) is 0 Å². The number of fused-ring (bicyclic) bond motifs is 1. The van der Waals surface area contributed by atoms with E-state index in [1.54, 1.807) is 11.9 Å². The number of carbonyl (C=O) groups is 2. The summed E-state index contributed by atoms with van der Waals surface area (Å²) in [5, 5.41) is 2.88. The van der Waals surface area contributed by atoms with Crippen LogP contribution in [0.3, 0.4) is 0 Å². The normalized spacial score (nSPS) is 14.0. The number of hydrogen-bond acceptors (Lipinski definition) is 3. The number of nitrogens with one attached hydrogen (secondary N) is 1. The first-order valence-corrected chi connectivity index (χ1v) is 6.76. The van der Waals surface area contributed by atoms with Gasteiger partial charge in [0.25, 0.3) is 5.91 Å². The molecular formula is C15H20N2O3.